The Morgan fingerprint density at radius 2 is 1.59 bits per heavy atom. The molecule has 12 heteroatoms. The van der Waals surface area contributed by atoms with Gasteiger partial charge in [0, 0.05) is 11.6 Å². The number of methoxy groups -OCH3 is 2. The number of carbonyl (C=O) groups is 2. The number of nitrogens with zero attached hydrogens (tertiary/aromatic N) is 4. The zero-order valence-corrected chi connectivity index (χ0v) is 20.4. The summed E-state index contributed by atoms with van der Waals surface area (Å²) < 4.78 is 37.3. The van der Waals surface area contributed by atoms with Crippen LogP contribution in [0.4, 0.5) is 5.69 Å². The van der Waals surface area contributed by atoms with E-state index in [-0.39, 0.29) is 57.7 Å². The highest BCUT2D eigenvalue weighted by Crippen LogP contribution is 2.38. The van der Waals surface area contributed by atoms with E-state index in [2.05, 4.69) is 9.97 Å². The van der Waals surface area contributed by atoms with E-state index in [0.717, 1.165) is 15.5 Å². The van der Waals surface area contributed by atoms with Crippen molar-refractivity contribution in [3.05, 3.63) is 52.0 Å². The van der Waals surface area contributed by atoms with E-state index in [1.807, 2.05) is 0 Å². The summed E-state index contributed by atoms with van der Waals surface area (Å²) in [6, 6.07) is 8.01. The molecule has 10 nitrogen and oxygen atoms in total. The molecule has 34 heavy (non-hydrogen) atoms. The Balaban J connectivity index is 1.80. The van der Waals surface area contributed by atoms with E-state index in [9.17, 15) is 18.0 Å². The number of hydrogen-bond donors (Lipinski definition) is 0. The average molecular weight is 505 g/mol. The lowest BCUT2D eigenvalue weighted by molar-refractivity contribution is 0.0659. The van der Waals surface area contributed by atoms with Gasteiger partial charge in [-0.1, -0.05) is 23.7 Å². The maximum atomic E-state index is 12.9. The van der Waals surface area contributed by atoms with Gasteiger partial charge in [0.15, 0.2) is 0 Å². The minimum Gasteiger partial charge on any atom is -0.477 e. The fourth-order valence-electron chi connectivity index (χ4n) is 3.86. The van der Waals surface area contributed by atoms with Crippen LogP contribution in [0, 0.1) is 6.92 Å². The zero-order valence-electron chi connectivity index (χ0n) is 18.8. The Morgan fingerprint density at radius 3 is 2.12 bits per heavy atom. The van der Waals surface area contributed by atoms with Gasteiger partial charge in [0.1, 0.15) is 5.52 Å². The first-order valence-corrected chi connectivity index (χ1v) is 12.3. The van der Waals surface area contributed by atoms with Crippen molar-refractivity contribution in [1.29, 1.82) is 0 Å². The second kappa shape index (κ2) is 8.73. The van der Waals surface area contributed by atoms with Crippen molar-refractivity contribution in [2.24, 2.45) is 0 Å². The lowest BCUT2D eigenvalue weighted by Crippen LogP contribution is -2.41. The third-order valence-electron chi connectivity index (χ3n) is 5.50. The minimum atomic E-state index is -3.89. The molecule has 0 radical (unpaired) electrons. The van der Waals surface area contributed by atoms with Crippen LogP contribution in [-0.2, 0) is 10.0 Å². The normalized spacial score (nSPS) is 13.4. The number of fused-ring (bicyclic) bond motifs is 2. The number of sulfonamides is 1. The Bertz CT molecular complexity index is 1410. The molecule has 0 N–H and O–H groups in total. The van der Waals surface area contributed by atoms with Crippen LogP contribution >= 0.6 is 11.6 Å². The maximum absolute atomic E-state index is 12.9. The summed E-state index contributed by atoms with van der Waals surface area (Å²) >= 11 is 6.41. The van der Waals surface area contributed by atoms with Crippen molar-refractivity contribution < 1.29 is 27.5 Å². The number of hydrogen-bond acceptors (Lipinski definition) is 8. The topological polar surface area (TPSA) is 119 Å². The van der Waals surface area contributed by atoms with Gasteiger partial charge in [-0.3, -0.25) is 18.8 Å². The predicted octanol–water partition coefficient (Wildman–Crippen LogP) is 2.67. The number of ether oxygens (including phenoxy) is 2. The molecule has 0 unspecified atom stereocenters. The maximum Gasteiger partial charge on any atom is 0.278 e. The summed E-state index contributed by atoms with van der Waals surface area (Å²) in [7, 11) is -1.10. The molecule has 0 atom stereocenters. The Kier molecular flexibility index (Phi) is 6.09. The fraction of sp³-hybridized carbons (Fsp3) is 0.273. The van der Waals surface area contributed by atoms with Crippen LogP contribution in [-0.4, -0.2) is 68.7 Å². The number of rotatable bonds is 7. The summed E-state index contributed by atoms with van der Waals surface area (Å²) in [4.78, 5) is 35.3. The number of benzene rings is 2. The molecule has 0 saturated carbocycles. The van der Waals surface area contributed by atoms with Crippen LogP contribution in [0.15, 0.2) is 30.3 Å². The lowest BCUT2D eigenvalue weighted by atomic mass is 10.1. The molecule has 1 aromatic heterocycles. The standard InChI is InChI=1S/C22H21ClN4O6S/c1-12-15(23)11-16-17(25-20(33-3)19(24-16)32-2)18(12)27(34(4,30)31)10-9-26-21(28)13-7-5-6-8-14(13)22(26)29/h5-8,11H,9-10H2,1-4H3. The number of imide groups is 1. The summed E-state index contributed by atoms with van der Waals surface area (Å²) in [5.74, 6) is -0.787. The van der Waals surface area contributed by atoms with E-state index >= 15 is 0 Å². The Morgan fingerprint density at radius 1 is 1.03 bits per heavy atom. The van der Waals surface area contributed by atoms with Gasteiger partial charge in [-0.15, -0.1) is 0 Å². The average Bonchev–Trinajstić information content (AvgIpc) is 3.04. The molecular formula is C22H21ClN4O6S. The highest BCUT2D eigenvalue weighted by Gasteiger charge is 2.36. The molecule has 3 aromatic rings. The third-order valence-corrected chi connectivity index (χ3v) is 7.06. The van der Waals surface area contributed by atoms with Gasteiger partial charge in [-0.2, -0.15) is 0 Å². The second-order valence-electron chi connectivity index (χ2n) is 7.58. The zero-order chi connectivity index (χ0) is 24.8. The number of aromatic nitrogens is 2. The fourth-order valence-corrected chi connectivity index (χ4v) is 5.02. The first kappa shape index (κ1) is 23.7. The first-order valence-electron chi connectivity index (χ1n) is 10.1. The largest absolute Gasteiger partial charge is 0.477 e. The molecule has 2 heterocycles. The molecule has 0 spiro atoms. The van der Waals surface area contributed by atoms with Gasteiger partial charge >= 0.3 is 0 Å². The number of halogens is 1. The summed E-state index contributed by atoms with van der Waals surface area (Å²) in [5, 5.41) is 0.262. The predicted molar refractivity (Wildman–Crippen MR) is 126 cm³/mol. The highest BCUT2D eigenvalue weighted by molar-refractivity contribution is 7.92. The number of carbonyl (C=O) groups excluding carboxylic acids is 2. The number of amides is 2. The van der Waals surface area contributed by atoms with Gasteiger partial charge < -0.3 is 9.47 Å². The smallest absolute Gasteiger partial charge is 0.278 e. The summed E-state index contributed by atoms with van der Waals surface area (Å²) in [6.45, 7) is 1.26. The van der Waals surface area contributed by atoms with Crippen LogP contribution in [0.3, 0.4) is 0 Å². The van der Waals surface area contributed by atoms with Crippen LogP contribution in [0.2, 0.25) is 5.02 Å². The second-order valence-corrected chi connectivity index (χ2v) is 9.90. The van der Waals surface area contributed by atoms with Crippen molar-refractivity contribution in [2.75, 3.05) is 37.9 Å². The van der Waals surface area contributed by atoms with Crippen LogP contribution < -0.4 is 13.8 Å². The van der Waals surface area contributed by atoms with E-state index < -0.39 is 21.8 Å². The van der Waals surface area contributed by atoms with Crippen molar-refractivity contribution in [3.8, 4) is 11.8 Å². The summed E-state index contributed by atoms with van der Waals surface area (Å²) in [6.07, 6.45) is 1.02. The van der Waals surface area contributed by atoms with Crippen molar-refractivity contribution >= 4 is 50.2 Å². The molecule has 2 amide bonds. The van der Waals surface area contributed by atoms with Crippen LogP contribution in [0.5, 0.6) is 11.8 Å². The lowest BCUT2D eigenvalue weighted by Gasteiger charge is -2.27. The molecule has 0 aliphatic carbocycles. The van der Waals surface area contributed by atoms with E-state index in [1.54, 1.807) is 37.3 Å². The van der Waals surface area contributed by atoms with Gasteiger partial charge in [0.2, 0.25) is 10.0 Å². The van der Waals surface area contributed by atoms with Crippen molar-refractivity contribution in [2.45, 2.75) is 6.92 Å². The SMILES string of the molecule is COc1nc2cc(Cl)c(C)c(N(CCN3C(=O)c4ccccc4C3=O)S(C)(=O)=O)c2nc1OC. The molecule has 2 aromatic carbocycles. The molecule has 0 bridgehead atoms. The van der Waals surface area contributed by atoms with Crippen molar-refractivity contribution in [1.82, 2.24) is 14.9 Å². The van der Waals surface area contributed by atoms with Crippen LogP contribution in [0.1, 0.15) is 26.3 Å². The minimum absolute atomic E-state index is 0.0618. The highest BCUT2D eigenvalue weighted by atomic mass is 35.5. The van der Waals surface area contributed by atoms with Gasteiger partial charge in [-0.25, -0.2) is 18.4 Å². The molecule has 178 valence electrons. The molecule has 0 fully saturated rings. The molecule has 1 aliphatic rings. The monoisotopic (exact) mass is 504 g/mol. The quantitative estimate of drug-likeness (QED) is 0.450. The molecule has 4 rings (SSSR count). The van der Waals surface area contributed by atoms with Crippen LogP contribution in [0.25, 0.3) is 11.0 Å². The molecular weight excluding hydrogens is 484 g/mol. The molecule has 0 saturated heterocycles. The Labute approximate surface area is 201 Å². The summed E-state index contributed by atoms with van der Waals surface area (Å²) in [5.41, 5.74) is 1.68. The Hall–Kier alpha value is -3.44. The van der Waals surface area contributed by atoms with Gasteiger partial charge in [0.05, 0.1) is 49.4 Å². The third kappa shape index (κ3) is 3.90. The number of anilines is 1. The van der Waals surface area contributed by atoms with Gasteiger partial charge in [0.25, 0.3) is 23.6 Å². The first-order chi connectivity index (χ1) is 16.1. The van der Waals surface area contributed by atoms with Gasteiger partial charge in [-0.05, 0) is 30.7 Å². The van der Waals surface area contributed by atoms with E-state index in [4.69, 9.17) is 21.1 Å². The molecule has 1 aliphatic heterocycles. The van der Waals surface area contributed by atoms with E-state index in [1.165, 1.54) is 14.2 Å². The van der Waals surface area contributed by atoms with Crippen molar-refractivity contribution in [3.63, 3.8) is 0 Å². The van der Waals surface area contributed by atoms with E-state index in [0.29, 0.717) is 5.56 Å².